The van der Waals surface area contributed by atoms with Crippen molar-refractivity contribution < 1.29 is 18.1 Å². The van der Waals surface area contributed by atoms with Crippen LogP contribution in [0.15, 0.2) is 23.1 Å². The Morgan fingerprint density at radius 2 is 1.87 bits per heavy atom. The molecule has 0 aliphatic rings. The summed E-state index contributed by atoms with van der Waals surface area (Å²) in [6.07, 6.45) is 0.919. The molecular formula is C14H21N3O5S. The van der Waals surface area contributed by atoms with Crippen molar-refractivity contribution >= 4 is 27.1 Å². The van der Waals surface area contributed by atoms with Crippen LogP contribution in [0.4, 0.5) is 11.4 Å². The van der Waals surface area contributed by atoms with E-state index in [1.807, 2.05) is 0 Å². The molecule has 0 spiro atoms. The fourth-order valence-corrected chi connectivity index (χ4v) is 2.58. The van der Waals surface area contributed by atoms with Crippen molar-refractivity contribution in [2.75, 3.05) is 24.7 Å². The highest BCUT2D eigenvalue weighted by atomic mass is 32.2. The largest absolute Gasteiger partial charge is 0.383 e. The van der Waals surface area contributed by atoms with E-state index >= 15 is 0 Å². The third-order valence-corrected chi connectivity index (χ3v) is 4.10. The Bertz CT molecular complexity index is 708. The number of hydrogen-bond donors (Lipinski definition) is 2. The van der Waals surface area contributed by atoms with Crippen LogP contribution in [0, 0.1) is 15.5 Å². The Kier molecular flexibility index (Phi) is 5.70. The predicted molar refractivity (Wildman–Crippen MR) is 87.2 cm³/mol. The summed E-state index contributed by atoms with van der Waals surface area (Å²) in [5, 5.41) is 16.5. The molecule has 2 N–H and O–H groups in total. The van der Waals surface area contributed by atoms with Crippen LogP contribution >= 0.6 is 0 Å². The second-order valence-electron chi connectivity index (χ2n) is 6.14. The quantitative estimate of drug-likeness (QED) is 0.460. The molecule has 1 aromatic carbocycles. The minimum atomic E-state index is -3.72. The molecule has 1 rings (SSSR count). The second kappa shape index (κ2) is 6.95. The summed E-state index contributed by atoms with van der Waals surface area (Å²) >= 11 is 0. The maximum absolute atomic E-state index is 11.7. The molecule has 9 heteroatoms. The number of benzene rings is 1. The van der Waals surface area contributed by atoms with Gasteiger partial charge in [-0.25, -0.2) is 8.42 Å². The minimum absolute atomic E-state index is 0.0974. The fourth-order valence-electron chi connectivity index (χ4n) is 1.72. The number of hydrogen-bond acceptors (Lipinski definition) is 6. The lowest BCUT2D eigenvalue weighted by Crippen LogP contribution is -2.37. The van der Waals surface area contributed by atoms with E-state index in [0.29, 0.717) is 18.8 Å². The molecule has 128 valence electrons. The lowest BCUT2D eigenvalue weighted by molar-refractivity contribution is -0.387. The van der Waals surface area contributed by atoms with Gasteiger partial charge in [0.05, 0.1) is 4.92 Å². The maximum Gasteiger partial charge on any atom is 0.288 e. The van der Waals surface area contributed by atoms with E-state index in [4.69, 9.17) is 0 Å². The van der Waals surface area contributed by atoms with Gasteiger partial charge in [-0.2, -0.15) is 0 Å². The summed E-state index contributed by atoms with van der Waals surface area (Å²) in [5.41, 5.74) is -0.517. The summed E-state index contributed by atoms with van der Waals surface area (Å²) in [4.78, 5) is 21.5. The van der Waals surface area contributed by atoms with Crippen molar-refractivity contribution in [1.29, 1.82) is 0 Å². The normalized spacial score (nSPS) is 11.8. The average Bonchev–Trinajstić information content (AvgIpc) is 2.40. The SMILES string of the molecule is CC(C)(C)C(=O)NCCNc1ccc([N+](=O)[O-])c(S(C)(=O)=O)c1. The van der Waals surface area contributed by atoms with Gasteiger partial charge >= 0.3 is 0 Å². The van der Waals surface area contributed by atoms with Crippen LogP contribution in [0.2, 0.25) is 0 Å². The summed E-state index contributed by atoms with van der Waals surface area (Å²) in [6, 6.07) is 3.80. The first-order valence-corrected chi connectivity index (χ1v) is 8.83. The van der Waals surface area contributed by atoms with Gasteiger partial charge in [0, 0.05) is 36.5 Å². The van der Waals surface area contributed by atoms with Gasteiger partial charge in [0.25, 0.3) is 5.69 Å². The number of anilines is 1. The van der Waals surface area contributed by atoms with Crippen LogP contribution in [0.3, 0.4) is 0 Å². The molecule has 8 nitrogen and oxygen atoms in total. The highest BCUT2D eigenvalue weighted by Gasteiger charge is 2.22. The minimum Gasteiger partial charge on any atom is -0.383 e. The molecule has 0 radical (unpaired) electrons. The smallest absolute Gasteiger partial charge is 0.288 e. The number of sulfone groups is 1. The molecule has 0 unspecified atom stereocenters. The summed E-state index contributed by atoms with van der Waals surface area (Å²) in [7, 11) is -3.72. The predicted octanol–water partition coefficient (Wildman–Crippen LogP) is 1.57. The molecular weight excluding hydrogens is 322 g/mol. The van der Waals surface area contributed by atoms with E-state index in [2.05, 4.69) is 10.6 Å². The first-order valence-electron chi connectivity index (χ1n) is 6.93. The number of rotatable bonds is 6. The Hall–Kier alpha value is -2.16. The third-order valence-electron chi connectivity index (χ3n) is 2.98. The lowest BCUT2D eigenvalue weighted by Gasteiger charge is -2.17. The highest BCUT2D eigenvalue weighted by Crippen LogP contribution is 2.26. The molecule has 0 aromatic heterocycles. The zero-order chi connectivity index (χ0) is 17.8. The molecule has 0 bridgehead atoms. The molecule has 23 heavy (non-hydrogen) atoms. The number of nitro groups is 1. The van der Waals surface area contributed by atoms with Gasteiger partial charge in [-0.1, -0.05) is 20.8 Å². The number of carbonyl (C=O) groups is 1. The summed E-state index contributed by atoms with van der Waals surface area (Å²) in [5.74, 6) is -0.0974. The van der Waals surface area contributed by atoms with Crippen molar-refractivity contribution in [3.63, 3.8) is 0 Å². The number of amides is 1. The van der Waals surface area contributed by atoms with E-state index in [1.165, 1.54) is 12.1 Å². The van der Waals surface area contributed by atoms with Crippen LogP contribution < -0.4 is 10.6 Å². The standard InChI is InChI=1S/C14H21N3O5S/c1-14(2,3)13(18)16-8-7-15-10-5-6-11(17(19)20)12(9-10)23(4,21)22/h5-6,9,15H,7-8H2,1-4H3,(H,16,18). The van der Waals surface area contributed by atoms with Gasteiger partial charge in [-0.15, -0.1) is 0 Å². The van der Waals surface area contributed by atoms with Crippen LogP contribution in [-0.4, -0.2) is 38.6 Å². The molecule has 0 fully saturated rings. The Balaban J connectivity index is 2.76. The zero-order valence-corrected chi connectivity index (χ0v) is 14.4. The average molecular weight is 343 g/mol. The van der Waals surface area contributed by atoms with E-state index in [-0.39, 0.29) is 10.8 Å². The lowest BCUT2D eigenvalue weighted by atomic mass is 9.96. The Morgan fingerprint density at radius 3 is 2.35 bits per heavy atom. The van der Waals surface area contributed by atoms with Crippen LogP contribution in [0.5, 0.6) is 0 Å². The van der Waals surface area contributed by atoms with Crippen molar-refractivity contribution in [2.45, 2.75) is 25.7 Å². The first kappa shape index (κ1) is 18.9. The van der Waals surface area contributed by atoms with E-state index < -0.39 is 25.9 Å². The molecule has 0 atom stereocenters. The molecule has 0 saturated heterocycles. The zero-order valence-electron chi connectivity index (χ0n) is 13.5. The van der Waals surface area contributed by atoms with Crippen molar-refractivity contribution in [2.24, 2.45) is 5.41 Å². The topological polar surface area (TPSA) is 118 Å². The highest BCUT2D eigenvalue weighted by molar-refractivity contribution is 7.90. The maximum atomic E-state index is 11.7. The van der Waals surface area contributed by atoms with Gasteiger partial charge in [0.1, 0.15) is 4.90 Å². The van der Waals surface area contributed by atoms with Gasteiger partial charge < -0.3 is 10.6 Å². The van der Waals surface area contributed by atoms with Crippen molar-refractivity contribution in [3.05, 3.63) is 28.3 Å². The van der Waals surface area contributed by atoms with Crippen LogP contribution in [0.25, 0.3) is 0 Å². The van der Waals surface area contributed by atoms with Gasteiger partial charge in [0.2, 0.25) is 5.91 Å². The number of nitro benzene ring substituents is 1. The number of carbonyl (C=O) groups excluding carboxylic acids is 1. The van der Waals surface area contributed by atoms with Crippen LogP contribution in [0.1, 0.15) is 20.8 Å². The molecule has 0 aliphatic heterocycles. The van der Waals surface area contributed by atoms with Gasteiger partial charge in [0.15, 0.2) is 9.84 Å². The summed E-state index contributed by atoms with van der Waals surface area (Å²) in [6.45, 7) is 6.10. The van der Waals surface area contributed by atoms with Crippen LogP contribution in [-0.2, 0) is 14.6 Å². The Morgan fingerprint density at radius 1 is 1.26 bits per heavy atom. The molecule has 1 aromatic rings. The van der Waals surface area contributed by atoms with Gasteiger partial charge in [-0.3, -0.25) is 14.9 Å². The number of nitrogens with zero attached hydrogens (tertiary/aromatic N) is 1. The molecule has 0 heterocycles. The molecule has 0 saturated carbocycles. The third kappa shape index (κ3) is 5.51. The second-order valence-corrected chi connectivity index (χ2v) is 8.13. The first-order chi connectivity index (χ1) is 10.4. The number of nitrogens with one attached hydrogen (secondary N) is 2. The van der Waals surface area contributed by atoms with Crippen molar-refractivity contribution in [3.8, 4) is 0 Å². The van der Waals surface area contributed by atoms with Crippen molar-refractivity contribution in [1.82, 2.24) is 5.32 Å². The summed E-state index contributed by atoms with van der Waals surface area (Å²) < 4.78 is 23.3. The Labute approximate surface area is 135 Å². The molecule has 0 aliphatic carbocycles. The van der Waals surface area contributed by atoms with E-state index in [1.54, 1.807) is 20.8 Å². The van der Waals surface area contributed by atoms with E-state index in [9.17, 15) is 23.3 Å². The van der Waals surface area contributed by atoms with Gasteiger partial charge in [-0.05, 0) is 12.1 Å². The monoisotopic (exact) mass is 343 g/mol. The van der Waals surface area contributed by atoms with E-state index in [0.717, 1.165) is 12.3 Å². The molecule has 1 amide bonds. The fraction of sp³-hybridized carbons (Fsp3) is 0.500.